The molecule has 1 aliphatic rings. The zero-order valence-electron chi connectivity index (χ0n) is 25.2. The Kier molecular flexibility index (Phi) is 31.7. The number of aliphatic hydroxyl groups is 5. The third-order valence-electron chi connectivity index (χ3n) is 7.03. The molecule has 0 saturated heterocycles. The van der Waals surface area contributed by atoms with Crippen molar-refractivity contribution in [3.63, 3.8) is 0 Å². The molecule has 0 aromatic rings. The lowest BCUT2D eigenvalue weighted by atomic mass is 9.82. The first kappa shape index (κ1) is 44.1. The van der Waals surface area contributed by atoms with E-state index in [4.69, 9.17) is 46.0 Å². The number of hydrogen-bond donors (Lipinski definition) is 9. The van der Waals surface area contributed by atoms with Gasteiger partial charge in [0.2, 0.25) is 0 Å². The molecule has 0 atom stereocenters. The fourth-order valence-electron chi connectivity index (χ4n) is 3.73. The van der Waals surface area contributed by atoms with Gasteiger partial charge in [-0.2, -0.15) is 0 Å². The van der Waals surface area contributed by atoms with Crippen LogP contribution in [0.15, 0.2) is 0 Å². The number of hydrogen-bond acceptors (Lipinski definition) is 9. The molecular weight excluding hydrogens is 556 g/mol. The molecule has 1 aliphatic carbocycles. The van der Waals surface area contributed by atoms with Gasteiger partial charge in [0.05, 0.1) is 31.7 Å². The summed E-state index contributed by atoms with van der Waals surface area (Å²) in [5, 5.41) is 76.4. The topological polar surface area (TPSA) is 250 Å². The number of rotatable bonds is 19. The highest BCUT2D eigenvalue weighted by molar-refractivity contribution is 5.72. The highest BCUT2D eigenvalue weighted by Crippen LogP contribution is 2.28. The van der Waals surface area contributed by atoms with Crippen LogP contribution >= 0.6 is 0 Å². The minimum atomic E-state index is -0.793. The fourth-order valence-corrected chi connectivity index (χ4v) is 3.73. The van der Waals surface area contributed by atoms with E-state index < -0.39 is 29.3 Å². The SMILES string of the molecule is CCC(CO)(CO)CO.O=C(O)C1CCC(C(=O)O)CC1.O=C(O)CCCCCCCC(=O)O.OCCCCCCO. The molecule has 0 spiro atoms. The maximum absolute atomic E-state index is 10.5. The molecule has 0 heterocycles. The van der Waals surface area contributed by atoms with Crippen molar-refractivity contribution >= 4 is 23.9 Å². The molecule has 0 aliphatic heterocycles. The summed E-state index contributed by atoms with van der Waals surface area (Å²) >= 11 is 0. The molecule has 42 heavy (non-hydrogen) atoms. The van der Waals surface area contributed by atoms with Crippen LogP contribution < -0.4 is 0 Å². The Bertz CT molecular complexity index is 609. The lowest BCUT2D eigenvalue weighted by Crippen LogP contribution is -2.32. The molecule has 1 fully saturated rings. The lowest BCUT2D eigenvalue weighted by Gasteiger charge is -2.24. The highest BCUT2D eigenvalue weighted by atomic mass is 16.4. The Hall–Kier alpha value is -2.32. The molecule has 0 aromatic heterocycles. The predicted octanol–water partition coefficient (Wildman–Crippen LogP) is 2.74. The summed E-state index contributed by atoms with van der Waals surface area (Å²) in [7, 11) is 0. The van der Waals surface area contributed by atoms with Gasteiger partial charge in [0.1, 0.15) is 0 Å². The van der Waals surface area contributed by atoms with Crippen molar-refractivity contribution in [2.45, 2.75) is 110 Å². The number of aliphatic hydroxyl groups excluding tert-OH is 5. The minimum Gasteiger partial charge on any atom is -0.481 e. The zero-order valence-corrected chi connectivity index (χ0v) is 25.2. The van der Waals surface area contributed by atoms with Crippen LogP contribution in [0.3, 0.4) is 0 Å². The van der Waals surface area contributed by atoms with Crippen LogP contribution in [0.4, 0.5) is 0 Å². The summed E-state index contributed by atoms with van der Waals surface area (Å²) < 4.78 is 0. The Labute approximate surface area is 249 Å². The highest BCUT2D eigenvalue weighted by Gasteiger charge is 2.29. The van der Waals surface area contributed by atoms with Crippen LogP contribution in [0.25, 0.3) is 0 Å². The van der Waals surface area contributed by atoms with Crippen molar-refractivity contribution in [2.24, 2.45) is 17.3 Å². The molecule has 0 bridgehead atoms. The molecule has 250 valence electrons. The van der Waals surface area contributed by atoms with Crippen LogP contribution in [-0.4, -0.2) is 103 Å². The quantitative estimate of drug-likeness (QED) is 0.0953. The maximum Gasteiger partial charge on any atom is 0.306 e. The largest absolute Gasteiger partial charge is 0.481 e. The van der Waals surface area contributed by atoms with Gasteiger partial charge in [0.25, 0.3) is 0 Å². The molecule has 1 rings (SSSR count). The van der Waals surface area contributed by atoms with Crippen molar-refractivity contribution in [3.8, 4) is 0 Å². The van der Waals surface area contributed by atoms with Crippen LogP contribution in [0.1, 0.15) is 110 Å². The van der Waals surface area contributed by atoms with Crippen molar-refractivity contribution in [2.75, 3.05) is 33.0 Å². The molecular formula is C29H56O13. The van der Waals surface area contributed by atoms with Crippen LogP contribution in [0.2, 0.25) is 0 Å². The number of unbranched alkanes of at least 4 members (excludes halogenated alkanes) is 7. The molecule has 1 saturated carbocycles. The van der Waals surface area contributed by atoms with E-state index in [2.05, 4.69) is 0 Å². The Morgan fingerprint density at radius 2 is 0.810 bits per heavy atom. The van der Waals surface area contributed by atoms with Gasteiger partial charge in [-0.1, -0.05) is 39.0 Å². The first-order valence-electron chi connectivity index (χ1n) is 14.8. The van der Waals surface area contributed by atoms with Crippen LogP contribution in [0, 0.1) is 17.3 Å². The number of aliphatic carboxylic acids is 4. The predicted molar refractivity (Wildman–Crippen MR) is 155 cm³/mol. The first-order valence-corrected chi connectivity index (χ1v) is 14.8. The standard InChI is InChI=1S/C9H16O4.C8H12O4.C6H14O3.C6H14O2/c10-8(11)6-4-2-1-3-5-7-9(12)13;9-7(10)5-1-2-6(4-3-5)8(11)12;1-2-6(3-7,4-8)5-9;7-5-3-1-2-4-6-8/h1-7H2,(H,10,11)(H,12,13);5-6H,1-4H2,(H,9,10)(H,11,12);7-9H,2-5H2,1H3;7-8H,1-6H2. The van der Waals surface area contributed by atoms with Gasteiger partial charge in [0, 0.05) is 31.5 Å². The van der Waals surface area contributed by atoms with E-state index in [0.717, 1.165) is 44.9 Å². The molecule has 0 amide bonds. The average Bonchev–Trinajstić information content (AvgIpc) is 2.97. The van der Waals surface area contributed by atoms with E-state index in [0.29, 0.717) is 44.9 Å². The van der Waals surface area contributed by atoms with Crippen molar-refractivity contribution < 1.29 is 65.1 Å². The van der Waals surface area contributed by atoms with E-state index in [9.17, 15) is 19.2 Å². The van der Waals surface area contributed by atoms with Gasteiger partial charge in [0.15, 0.2) is 0 Å². The second kappa shape index (κ2) is 30.1. The van der Waals surface area contributed by atoms with Gasteiger partial charge in [-0.15, -0.1) is 0 Å². The smallest absolute Gasteiger partial charge is 0.306 e. The van der Waals surface area contributed by atoms with Gasteiger partial charge < -0.3 is 46.0 Å². The third kappa shape index (κ3) is 27.8. The summed E-state index contributed by atoms with van der Waals surface area (Å²) in [6.45, 7) is 1.92. The van der Waals surface area contributed by atoms with Crippen LogP contribution in [0.5, 0.6) is 0 Å². The second-order valence-corrected chi connectivity index (χ2v) is 10.5. The second-order valence-electron chi connectivity index (χ2n) is 10.5. The van der Waals surface area contributed by atoms with E-state index in [1.54, 1.807) is 0 Å². The van der Waals surface area contributed by atoms with Gasteiger partial charge in [-0.25, -0.2) is 0 Å². The summed E-state index contributed by atoms with van der Waals surface area (Å²) in [6, 6.07) is 0. The number of carbonyl (C=O) groups is 4. The summed E-state index contributed by atoms with van der Waals surface area (Å²) in [5.41, 5.74) is -0.667. The van der Waals surface area contributed by atoms with Crippen LogP contribution in [-0.2, 0) is 19.2 Å². The normalized spacial score (nSPS) is 16.0. The Balaban J connectivity index is -0.000000492. The zero-order chi connectivity index (χ0) is 32.8. The van der Waals surface area contributed by atoms with E-state index >= 15 is 0 Å². The van der Waals surface area contributed by atoms with Crippen molar-refractivity contribution in [3.05, 3.63) is 0 Å². The number of carboxylic acid groups (broad SMARTS) is 4. The van der Waals surface area contributed by atoms with Crippen molar-refractivity contribution in [1.29, 1.82) is 0 Å². The number of carboxylic acids is 4. The van der Waals surface area contributed by atoms with Gasteiger partial charge in [-0.05, 0) is 57.8 Å². The average molecular weight is 613 g/mol. The van der Waals surface area contributed by atoms with E-state index in [1.807, 2.05) is 6.92 Å². The fraction of sp³-hybridized carbons (Fsp3) is 0.862. The molecule has 13 heteroatoms. The monoisotopic (exact) mass is 612 g/mol. The molecule has 0 radical (unpaired) electrons. The summed E-state index contributed by atoms with van der Waals surface area (Å²) in [5.74, 6) is -3.74. The molecule has 9 N–H and O–H groups in total. The lowest BCUT2D eigenvalue weighted by molar-refractivity contribution is -0.148. The summed E-state index contributed by atoms with van der Waals surface area (Å²) in [4.78, 5) is 41.2. The van der Waals surface area contributed by atoms with E-state index in [1.165, 1.54) is 0 Å². The van der Waals surface area contributed by atoms with Gasteiger partial charge >= 0.3 is 23.9 Å². The maximum atomic E-state index is 10.5. The molecule has 0 aromatic carbocycles. The van der Waals surface area contributed by atoms with Crippen molar-refractivity contribution in [1.82, 2.24) is 0 Å². The first-order chi connectivity index (χ1) is 19.9. The van der Waals surface area contributed by atoms with E-state index in [-0.39, 0.29) is 57.7 Å². The minimum absolute atomic E-state index is 0.156. The third-order valence-corrected chi connectivity index (χ3v) is 7.03. The van der Waals surface area contributed by atoms with Gasteiger partial charge in [-0.3, -0.25) is 19.2 Å². The summed E-state index contributed by atoms with van der Waals surface area (Å²) in [6.07, 6.45) is 11.0. The Morgan fingerprint density at radius 1 is 0.524 bits per heavy atom. The molecule has 0 unspecified atom stereocenters. The molecule has 13 nitrogen and oxygen atoms in total. The Morgan fingerprint density at radius 3 is 1.00 bits per heavy atom.